The predicted octanol–water partition coefficient (Wildman–Crippen LogP) is 1.93. The number of ether oxygens (including phenoxy) is 3. The lowest BCUT2D eigenvalue weighted by Crippen LogP contribution is -2.29. The van der Waals surface area contributed by atoms with Crippen LogP contribution in [0.15, 0.2) is 18.2 Å². The van der Waals surface area contributed by atoms with Gasteiger partial charge in [-0.3, -0.25) is 4.79 Å². The zero-order valence-corrected chi connectivity index (χ0v) is 12.7. The van der Waals surface area contributed by atoms with Gasteiger partial charge in [0.05, 0.1) is 26.7 Å². The predicted molar refractivity (Wildman–Crippen MR) is 79.9 cm³/mol. The quantitative estimate of drug-likeness (QED) is 0.834. The van der Waals surface area contributed by atoms with Crippen LogP contribution in [0.4, 0.5) is 0 Å². The highest BCUT2D eigenvalue weighted by molar-refractivity contribution is 5.76. The van der Waals surface area contributed by atoms with Crippen molar-refractivity contribution in [3.05, 3.63) is 23.8 Å². The highest BCUT2D eigenvalue weighted by Gasteiger charge is 2.18. The van der Waals surface area contributed by atoms with E-state index in [1.54, 1.807) is 14.2 Å². The molecule has 1 aliphatic heterocycles. The van der Waals surface area contributed by atoms with E-state index in [0.29, 0.717) is 19.4 Å². The van der Waals surface area contributed by atoms with Crippen molar-refractivity contribution in [2.24, 2.45) is 0 Å². The topological polar surface area (TPSA) is 56.8 Å². The highest BCUT2D eigenvalue weighted by Crippen LogP contribution is 2.24. The van der Waals surface area contributed by atoms with E-state index in [1.807, 2.05) is 18.2 Å². The zero-order valence-electron chi connectivity index (χ0n) is 12.7. The van der Waals surface area contributed by atoms with Crippen molar-refractivity contribution < 1.29 is 19.0 Å². The van der Waals surface area contributed by atoms with Gasteiger partial charge in [-0.05, 0) is 43.0 Å². The molecule has 1 aliphatic rings. The summed E-state index contributed by atoms with van der Waals surface area (Å²) in [6.07, 6.45) is 3.29. The molecule has 0 bridgehead atoms. The molecule has 1 atom stereocenters. The van der Waals surface area contributed by atoms with Crippen molar-refractivity contribution >= 4 is 5.91 Å². The molecule has 116 valence electrons. The van der Waals surface area contributed by atoms with E-state index in [4.69, 9.17) is 14.2 Å². The fourth-order valence-electron chi connectivity index (χ4n) is 2.50. The summed E-state index contributed by atoms with van der Waals surface area (Å²) in [5, 5.41) is 2.93. The highest BCUT2D eigenvalue weighted by atomic mass is 16.5. The van der Waals surface area contributed by atoms with Crippen LogP contribution < -0.4 is 14.8 Å². The molecule has 1 amide bonds. The smallest absolute Gasteiger partial charge is 0.222 e. The number of hydrogen-bond donors (Lipinski definition) is 1. The van der Waals surface area contributed by atoms with Crippen LogP contribution >= 0.6 is 0 Å². The van der Waals surface area contributed by atoms with Gasteiger partial charge in [-0.15, -0.1) is 0 Å². The Morgan fingerprint density at radius 3 is 2.90 bits per heavy atom. The number of nitrogens with one attached hydrogen (secondary N) is 1. The molecule has 21 heavy (non-hydrogen) atoms. The third-order valence-corrected chi connectivity index (χ3v) is 3.64. The first kappa shape index (κ1) is 15.6. The molecule has 1 fully saturated rings. The molecule has 1 aromatic carbocycles. The Hall–Kier alpha value is -1.75. The summed E-state index contributed by atoms with van der Waals surface area (Å²) in [6, 6.07) is 5.67. The molecule has 2 rings (SSSR count). The molecule has 1 aromatic rings. The normalized spacial score (nSPS) is 17.5. The van der Waals surface area contributed by atoms with E-state index >= 15 is 0 Å². The second-order valence-electron chi connectivity index (χ2n) is 5.12. The summed E-state index contributed by atoms with van der Waals surface area (Å²) in [5.74, 6) is 1.64. The van der Waals surface area contributed by atoms with Crippen LogP contribution in [0.3, 0.4) is 0 Å². The minimum Gasteiger partial charge on any atom is -0.497 e. The monoisotopic (exact) mass is 293 g/mol. The van der Waals surface area contributed by atoms with Gasteiger partial charge in [0.2, 0.25) is 5.91 Å². The summed E-state index contributed by atoms with van der Waals surface area (Å²) < 4.78 is 16.0. The van der Waals surface area contributed by atoms with Crippen LogP contribution in [-0.2, 0) is 16.0 Å². The van der Waals surface area contributed by atoms with E-state index in [9.17, 15) is 4.79 Å². The molecule has 5 heteroatoms. The van der Waals surface area contributed by atoms with Gasteiger partial charge in [-0.25, -0.2) is 0 Å². The molecule has 0 saturated carbocycles. The van der Waals surface area contributed by atoms with Gasteiger partial charge in [-0.2, -0.15) is 0 Å². The number of rotatable bonds is 7. The molecule has 0 radical (unpaired) electrons. The average molecular weight is 293 g/mol. The zero-order chi connectivity index (χ0) is 15.1. The number of hydrogen-bond acceptors (Lipinski definition) is 4. The summed E-state index contributed by atoms with van der Waals surface area (Å²) >= 11 is 0. The van der Waals surface area contributed by atoms with Crippen LogP contribution in [-0.4, -0.2) is 39.4 Å². The maximum Gasteiger partial charge on any atom is 0.222 e. The Labute approximate surface area is 125 Å². The van der Waals surface area contributed by atoms with Crippen molar-refractivity contribution in [2.45, 2.75) is 31.8 Å². The first-order valence-electron chi connectivity index (χ1n) is 7.32. The van der Waals surface area contributed by atoms with Gasteiger partial charge in [0.1, 0.15) is 11.5 Å². The minimum absolute atomic E-state index is 0.0452. The summed E-state index contributed by atoms with van der Waals surface area (Å²) in [4.78, 5) is 11.8. The maximum absolute atomic E-state index is 11.8. The van der Waals surface area contributed by atoms with Crippen LogP contribution in [0, 0.1) is 0 Å². The van der Waals surface area contributed by atoms with Gasteiger partial charge in [0.25, 0.3) is 0 Å². The third-order valence-electron chi connectivity index (χ3n) is 3.64. The summed E-state index contributed by atoms with van der Waals surface area (Å²) in [6.45, 7) is 1.36. The van der Waals surface area contributed by atoms with E-state index in [1.165, 1.54) is 0 Å². The van der Waals surface area contributed by atoms with E-state index in [2.05, 4.69) is 5.32 Å². The van der Waals surface area contributed by atoms with Crippen LogP contribution in [0.1, 0.15) is 24.8 Å². The Morgan fingerprint density at radius 1 is 1.38 bits per heavy atom. The lowest BCUT2D eigenvalue weighted by atomic mass is 10.1. The lowest BCUT2D eigenvalue weighted by molar-refractivity contribution is -0.123. The Morgan fingerprint density at radius 2 is 2.24 bits per heavy atom. The van der Waals surface area contributed by atoms with E-state index < -0.39 is 0 Å². The average Bonchev–Trinajstić information content (AvgIpc) is 3.00. The number of benzene rings is 1. The van der Waals surface area contributed by atoms with Crippen LogP contribution in [0.5, 0.6) is 11.5 Å². The first-order valence-corrected chi connectivity index (χ1v) is 7.32. The van der Waals surface area contributed by atoms with Gasteiger partial charge < -0.3 is 19.5 Å². The van der Waals surface area contributed by atoms with Gasteiger partial charge in [0.15, 0.2) is 0 Å². The third kappa shape index (κ3) is 4.63. The van der Waals surface area contributed by atoms with E-state index in [-0.39, 0.29) is 12.0 Å². The molecule has 1 heterocycles. The van der Waals surface area contributed by atoms with Crippen molar-refractivity contribution in [2.75, 3.05) is 27.4 Å². The Kier molecular flexibility index (Phi) is 5.87. The van der Waals surface area contributed by atoms with E-state index in [0.717, 1.165) is 36.5 Å². The number of amides is 1. The molecule has 0 aromatic heterocycles. The number of methoxy groups -OCH3 is 2. The molecule has 0 aliphatic carbocycles. The minimum atomic E-state index is 0.0452. The Balaban J connectivity index is 1.80. The number of carbonyl (C=O) groups is 1. The fourth-order valence-corrected chi connectivity index (χ4v) is 2.50. The molecule has 5 nitrogen and oxygen atoms in total. The molecular weight excluding hydrogens is 270 g/mol. The standard InChI is InChI=1S/C16H23NO4/c1-19-13-5-6-15(20-2)12(10-13)7-8-17-16(18)11-14-4-3-9-21-14/h5-6,10,14H,3-4,7-9,11H2,1-2H3,(H,17,18)/t14-/m1/s1. The lowest BCUT2D eigenvalue weighted by Gasteiger charge is -2.12. The van der Waals surface area contributed by atoms with Gasteiger partial charge in [-0.1, -0.05) is 0 Å². The molecule has 1 N–H and O–H groups in total. The fraction of sp³-hybridized carbons (Fsp3) is 0.562. The largest absolute Gasteiger partial charge is 0.497 e. The molecular formula is C16H23NO4. The number of carbonyl (C=O) groups excluding carboxylic acids is 1. The van der Waals surface area contributed by atoms with Crippen molar-refractivity contribution in [1.82, 2.24) is 5.32 Å². The molecule has 1 saturated heterocycles. The van der Waals surface area contributed by atoms with Gasteiger partial charge in [0, 0.05) is 13.2 Å². The van der Waals surface area contributed by atoms with Crippen LogP contribution in [0.25, 0.3) is 0 Å². The second-order valence-corrected chi connectivity index (χ2v) is 5.12. The van der Waals surface area contributed by atoms with Gasteiger partial charge >= 0.3 is 0 Å². The SMILES string of the molecule is COc1ccc(OC)c(CCNC(=O)C[C@H]2CCCO2)c1. The van der Waals surface area contributed by atoms with Crippen LogP contribution in [0.2, 0.25) is 0 Å². The summed E-state index contributed by atoms with van der Waals surface area (Å²) in [5.41, 5.74) is 1.02. The summed E-state index contributed by atoms with van der Waals surface area (Å²) in [7, 11) is 3.27. The second kappa shape index (κ2) is 7.88. The Bertz CT molecular complexity index is 469. The van der Waals surface area contributed by atoms with Crippen molar-refractivity contribution in [1.29, 1.82) is 0 Å². The van der Waals surface area contributed by atoms with Crippen molar-refractivity contribution in [3.8, 4) is 11.5 Å². The molecule has 0 unspecified atom stereocenters. The molecule has 0 spiro atoms. The maximum atomic E-state index is 11.8. The van der Waals surface area contributed by atoms with Crippen molar-refractivity contribution in [3.63, 3.8) is 0 Å². The first-order chi connectivity index (χ1) is 10.2.